The van der Waals surface area contributed by atoms with Crippen molar-refractivity contribution in [3.05, 3.63) is 52.8 Å². The van der Waals surface area contributed by atoms with Gasteiger partial charge < -0.3 is 10.0 Å². The number of piperidine rings is 1. The fraction of sp³-hybridized carbons (Fsp3) is 0.522. The largest absolute Gasteiger partial charge is 0.478 e. The van der Waals surface area contributed by atoms with Gasteiger partial charge in [-0.25, -0.2) is 4.79 Å². The van der Waals surface area contributed by atoms with E-state index >= 15 is 0 Å². The zero-order chi connectivity index (χ0) is 21.0. The lowest BCUT2D eigenvalue weighted by molar-refractivity contribution is -0.132. The first-order valence-electron chi connectivity index (χ1n) is 10.5. The average molecular weight is 398 g/mol. The summed E-state index contributed by atoms with van der Waals surface area (Å²) >= 11 is 0. The number of carbonyl (C=O) groups is 2. The Kier molecular flexibility index (Phi) is 6.72. The molecule has 0 bridgehead atoms. The minimum Gasteiger partial charge on any atom is -0.478 e. The van der Waals surface area contributed by atoms with Crippen molar-refractivity contribution < 1.29 is 14.7 Å². The molecule has 0 saturated carbocycles. The molecule has 1 aromatic carbocycles. The molecule has 6 nitrogen and oxygen atoms in total. The van der Waals surface area contributed by atoms with Crippen LogP contribution >= 0.6 is 0 Å². The minimum absolute atomic E-state index is 0.153. The predicted molar refractivity (Wildman–Crippen MR) is 112 cm³/mol. The van der Waals surface area contributed by atoms with Crippen LogP contribution in [0.4, 0.5) is 0 Å². The van der Waals surface area contributed by atoms with Crippen LogP contribution < -0.4 is 0 Å². The van der Waals surface area contributed by atoms with Gasteiger partial charge in [0.25, 0.3) is 0 Å². The molecule has 2 heterocycles. The van der Waals surface area contributed by atoms with Gasteiger partial charge in [0.1, 0.15) is 5.56 Å². The van der Waals surface area contributed by atoms with Gasteiger partial charge in [-0.05, 0) is 49.7 Å². The van der Waals surface area contributed by atoms with Gasteiger partial charge in [0.05, 0.1) is 17.9 Å². The standard InChI is InChI=1S/C23H31N3O3/c1-16(2)14-19-6-4-18(5-7-19)8-9-22(27)25-12-10-20(11-13-25)26-17(3)21(15-24-26)23(28)29/h4-7,15-16,20H,8-14H2,1-3H3,(H,28,29). The van der Waals surface area contributed by atoms with E-state index in [4.69, 9.17) is 0 Å². The monoisotopic (exact) mass is 397 g/mol. The Morgan fingerprint density at radius 1 is 1.14 bits per heavy atom. The van der Waals surface area contributed by atoms with Gasteiger partial charge in [-0.3, -0.25) is 9.48 Å². The van der Waals surface area contributed by atoms with Crippen molar-refractivity contribution in [2.45, 2.75) is 58.9 Å². The topological polar surface area (TPSA) is 75.4 Å². The highest BCUT2D eigenvalue weighted by molar-refractivity contribution is 5.88. The molecule has 2 aromatic rings. The van der Waals surface area contributed by atoms with Gasteiger partial charge in [-0.15, -0.1) is 0 Å². The van der Waals surface area contributed by atoms with Crippen LogP contribution in [0.1, 0.15) is 66.3 Å². The number of amides is 1. The van der Waals surface area contributed by atoms with E-state index < -0.39 is 5.97 Å². The van der Waals surface area contributed by atoms with E-state index in [9.17, 15) is 14.7 Å². The number of nitrogens with zero attached hydrogens (tertiary/aromatic N) is 3. The Balaban J connectivity index is 1.48. The molecule has 1 aromatic heterocycles. The number of benzene rings is 1. The maximum Gasteiger partial charge on any atom is 0.339 e. The lowest BCUT2D eigenvalue weighted by atomic mass is 10.00. The van der Waals surface area contributed by atoms with E-state index in [0.29, 0.717) is 31.1 Å². The van der Waals surface area contributed by atoms with Crippen LogP contribution in [-0.2, 0) is 17.6 Å². The maximum absolute atomic E-state index is 12.6. The number of hydrogen-bond acceptors (Lipinski definition) is 3. The molecule has 6 heteroatoms. The third kappa shape index (κ3) is 5.25. The Hall–Kier alpha value is -2.63. The maximum atomic E-state index is 12.6. The van der Waals surface area contributed by atoms with Crippen LogP contribution in [-0.4, -0.2) is 44.8 Å². The molecule has 1 aliphatic heterocycles. The van der Waals surface area contributed by atoms with Crippen molar-refractivity contribution in [3.63, 3.8) is 0 Å². The van der Waals surface area contributed by atoms with Gasteiger partial charge >= 0.3 is 5.97 Å². The summed E-state index contributed by atoms with van der Waals surface area (Å²) in [6.45, 7) is 7.61. The second-order valence-electron chi connectivity index (χ2n) is 8.42. The highest BCUT2D eigenvalue weighted by atomic mass is 16.4. The first-order valence-corrected chi connectivity index (χ1v) is 10.5. The molecule has 0 atom stereocenters. The Morgan fingerprint density at radius 3 is 2.31 bits per heavy atom. The second kappa shape index (κ2) is 9.25. The summed E-state index contributed by atoms with van der Waals surface area (Å²) in [5.41, 5.74) is 3.48. The number of aromatic carboxylic acids is 1. The number of aromatic nitrogens is 2. The molecule has 3 rings (SSSR count). The van der Waals surface area contributed by atoms with Gasteiger partial charge in [-0.1, -0.05) is 38.1 Å². The summed E-state index contributed by atoms with van der Waals surface area (Å²) in [5, 5.41) is 13.5. The van der Waals surface area contributed by atoms with Crippen molar-refractivity contribution in [2.24, 2.45) is 5.92 Å². The zero-order valence-electron chi connectivity index (χ0n) is 17.6. The number of carboxylic acids is 1. The number of carboxylic acid groups (broad SMARTS) is 1. The van der Waals surface area contributed by atoms with E-state index in [2.05, 4.69) is 43.2 Å². The molecule has 1 fully saturated rings. The van der Waals surface area contributed by atoms with Gasteiger partial charge in [0.2, 0.25) is 5.91 Å². The van der Waals surface area contributed by atoms with Crippen molar-refractivity contribution in [1.29, 1.82) is 0 Å². The number of aryl methyl sites for hydroxylation is 1. The lowest BCUT2D eigenvalue weighted by Gasteiger charge is -2.32. The first-order chi connectivity index (χ1) is 13.8. The number of likely N-dealkylation sites (tertiary alicyclic amines) is 1. The normalized spacial score (nSPS) is 15.1. The first kappa shape index (κ1) is 21.1. The molecule has 29 heavy (non-hydrogen) atoms. The van der Waals surface area contributed by atoms with Crippen LogP contribution in [0.2, 0.25) is 0 Å². The van der Waals surface area contributed by atoms with Gasteiger partial charge in [0.15, 0.2) is 0 Å². The molecular weight excluding hydrogens is 366 g/mol. The molecular formula is C23H31N3O3. The van der Waals surface area contributed by atoms with Gasteiger partial charge in [-0.2, -0.15) is 5.10 Å². The summed E-state index contributed by atoms with van der Waals surface area (Å²) in [6, 6.07) is 8.77. The fourth-order valence-corrected chi connectivity index (χ4v) is 4.08. The van der Waals surface area contributed by atoms with E-state index in [0.717, 1.165) is 25.7 Å². The van der Waals surface area contributed by atoms with E-state index in [1.807, 2.05) is 9.58 Å². The molecule has 1 saturated heterocycles. The third-order valence-corrected chi connectivity index (χ3v) is 5.73. The summed E-state index contributed by atoms with van der Waals surface area (Å²) in [4.78, 5) is 25.8. The average Bonchev–Trinajstić information content (AvgIpc) is 3.08. The zero-order valence-corrected chi connectivity index (χ0v) is 17.6. The van der Waals surface area contributed by atoms with E-state index in [1.165, 1.54) is 17.3 Å². The number of carbonyl (C=O) groups excluding carboxylic acids is 1. The van der Waals surface area contributed by atoms with E-state index in [-0.39, 0.29) is 17.5 Å². The smallest absolute Gasteiger partial charge is 0.339 e. The third-order valence-electron chi connectivity index (χ3n) is 5.73. The minimum atomic E-state index is -0.946. The van der Waals surface area contributed by atoms with Crippen LogP contribution in [0.3, 0.4) is 0 Å². The van der Waals surface area contributed by atoms with Crippen LogP contribution in [0.15, 0.2) is 30.5 Å². The van der Waals surface area contributed by atoms with Crippen molar-refractivity contribution in [3.8, 4) is 0 Å². The summed E-state index contributed by atoms with van der Waals surface area (Å²) in [7, 11) is 0. The van der Waals surface area contributed by atoms with Crippen molar-refractivity contribution in [2.75, 3.05) is 13.1 Å². The predicted octanol–water partition coefficient (Wildman–Crippen LogP) is 3.88. The van der Waals surface area contributed by atoms with E-state index in [1.54, 1.807) is 6.92 Å². The molecule has 0 unspecified atom stereocenters. The fourth-order valence-electron chi connectivity index (χ4n) is 4.08. The van der Waals surface area contributed by atoms with Crippen molar-refractivity contribution >= 4 is 11.9 Å². The van der Waals surface area contributed by atoms with Crippen LogP contribution in [0.25, 0.3) is 0 Å². The quantitative estimate of drug-likeness (QED) is 0.769. The lowest BCUT2D eigenvalue weighted by Crippen LogP contribution is -2.39. The Bertz CT molecular complexity index is 847. The molecule has 0 aliphatic carbocycles. The van der Waals surface area contributed by atoms with Gasteiger partial charge in [0, 0.05) is 19.5 Å². The molecule has 0 spiro atoms. The van der Waals surface area contributed by atoms with Crippen LogP contribution in [0, 0.1) is 12.8 Å². The van der Waals surface area contributed by atoms with Crippen LogP contribution in [0.5, 0.6) is 0 Å². The number of hydrogen-bond donors (Lipinski definition) is 1. The second-order valence-corrected chi connectivity index (χ2v) is 8.42. The Morgan fingerprint density at radius 2 is 1.76 bits per heavy atom. The molecule has 0 radical (unpaired) electrons. The molecule has 1 amide bonds. The van der Waals surface area contributed by atoms with Crippen molar-refractivity contribution in [1.82, 2.24) is 14.7 Å². The highest BCUT2D eigenvalue weighted by Crippen LogP contribution is 2.25. The number of rotatable bonds is 7. The summed E-state index contributed by atoms with van der Waals surface area (Å²) in [5.74, 6) is -0.108. The summed E-state index contributed by atoms with van der Waals surface area (Å²) < 4.78 is 1.81. The molecule has 1 N–H and O–H groups in total. The highest BCUT2D eigenvalue weighted by Gasteiger charge is 2.26. The summed E-state index contributed by atoms with van der Waals surface area (Å²) in [6.07, 6.45) is 5.40. The Labute approximate surface area is 172 Å². The molecule has 1 aliphatic rings. The molecule has 156 valence electrons. The SMILES string of the molecule is Cc1c(C(=O)O)cnn1C1CCN(C(=O)CCc2ccc(CC(C)C)cc2)CC1.